The summed E-state index contributed by atoms with van der Waals surface area (Å²) in [5.41, 5.74) is 0. The topological polar surface area (TPSA) is 62.1 Å². The van der Waals surface area contributed by atoms with E-state index in [4.69, 9.17) is 10.00 Å². The number of ether oxygens (including phenoxy) is 1. The number of nitrogens with one attached hydrogen (secondary N) is 1. The van der Waals surface area contributed by atoms with Crippen LogP contribution in [0.1, 0.15) is 6.42 Å². The molecule has 0 unspecified atom stereocenters. The van der Waals surface area contributed by atoms with Crippen LogP contribution in [0.4, 0.5) is 0 Å². The van der Waals surface area contributed by atoms with Gasteiger partial charge in [-0.1, -0.05) is 30.3 Å². The van der Waals surface area contributed by atoms with Crippen molar-refractivity contribution in [3.05, 3.63) is 40.9 Å². The third-order valence-electron chi connectivity index (χ3n) is 2.75. The van der Waals surface area contributed by atoms with Crippen LogP contribution in [-0.4, -0.2) is 19.1 Å². The molecule has 0 saturated heterocycles. The number of hydrogen-bond donors (Lipinski definition) is 1. The molecule has 0 fully saturated rings. The van der Waals surface area contributed by atoms with Gasteiger partial charge >= 0.3 is 0 Å². The van der Waals surface area contributed by atoms with E-state index in [9.17, 15) is 4.79 Å². The van der Waals surface area contributed by atoms with Gasteiger partial charge in [-0.15, -0.1) is 0 Å². The van der Waals surface area contributed by atoms with Crippen molar-refractivity contribution in [3.63, 3.8) is 0 Å². The molecule has 0 atom stereocenters. The molecule has 0 aliphatic rings. The minimum absolute atomic E-state index is 0.0671. The molecule has 0 radical (unpaired) electrons. The first kappa shape index (κ1) is 14.4. The Bertz CT molecular complexity index is 664. The number of carbonyl (C=O) groups excluding carboxylic acids is 1. The Labute approximate surface area is 125 Å². The normalized spacial score (nSPS) is 10.0. The van der Waals surface area contributed by atoms with Gasteiger partial charge in [0.15, 0.2) is 6.61 Å². The van der Waals surface area contributed by atoms with Crippen molar-refractivity contribution in [1.29, 1.82) is 5.26 Å². The average Bonchev–Trinajstić information content (AvgIpc) is 2.47. The number of amides is 1. The molecule has 4 nitrogen and oxygen atoms in total. The molecular weight excluding hydrogens is 320 g/mol. The summed E-state index contributed by atoms with van der Waals surface area (Å²) in [5.74, 6) is 0.388. The van der Waals surface area contributed by atoms with Gasteiger partial charge in [-0.25, -0.2) is 0 Å². The molecule has 2 aromatic carbocycles. The molecule has 0 aliphatic heterocycles. The third-order valence-corrected chi connectivity index (χ3v) is 3.56. The smallest absolute Gasteiger partial charge is 0.257 e. The zero-order valence-electron chi connectivity index (χ0n) is 10.7. The van der Waals surface area contributed by atoms with Crippen LogP contribution in [0.15, 0.2) is 40.9 Å². The first-order valence-corrected chi connectivity index (χ1v) is 6.95. The molecule has 2 rings (SSSR count). The van der Waals surface area contributed by atoms with Crippen molar-refractivity contribution in [2.75, 3.05) is 13.2 Å². The standard InChI is InChI=1S/C15H13BrN2O2/c16-15-12-5-2-1-4-11(12)6-7-13(15)20-10-14(19)18-9-3-8-17/h1-2,4-7H,3,9-10H2,(H,18,19). The van der Waals surface area contributed by atoms with E-state index in [2.05, 4.69) is 21.2 Å². The van der Waals surface area contributed by atoms with Crippen LogP contribution >= 0.6 is 15.9 Å². The lowest BCUT2D eigenvalue weighted by Gasteiger charge is -2.10. The quantitative estimate of drug-likeness (QED) is 0.856. The van der Waals surface area contributed by atoms with Crippen LogP contribution in [0.25, 0.3) is 10.8 Å². The van der Waals surface area contributed by atoms with E-state index in [1.807, 2.05) is 42.5 Å². The highest BCUT2D eigenvalue weighted by Crippen LogP contribution is 2.32. The number of nitrogens with zero attached hydrogens (tertiary/aromatic N) is 1. The van der Waals surface area contributed by atoms with Gasteiger partial charge < -0.3 is 10.1 Å². The summed E-state index contributed by atoms with van der Waals surface area (Å²) in [5, 5.41) is 13.1. The fourth-order valence-electron chi connectivity index (χ4n) is 1.78. The van der Waals surface area contributed by atoms with Gasteiger partial charge in [0.2, 0.25) is 0 Å². The van der Waals surface area contributed by atoms with E-state index in [1.165, 1.54) is 0 Å². The molecule has 0 aliphatic carbocycles. The highest BCUT2D eigenvalue weighted by molar-refractivity contribution is 9.10. The lowest BCUT2D eigenvalue weighted by atomic mass is 10.1. The van der Waals surface area contributed by atoms with Gasteiger partial charge in [-0.3, -0.25) is 4.79 Å². The van der Waals surface area contributed by atoms with Crippen LogP contribution < -0.4 is 10.1 Å². The second kappa shape index (κ2) is 6.92. The number of benzene rings is 2. The largest absolute Gasteiger partial charge is 0.483 e. The maximum atomic E-state index is 11.5. The molecule has 0 bridgehead atoms. The second-order valence-electron chi connectivity index (χ2n) is 4.15. The Kier molecular flexibility index (Phi) is 4.97. The fraction of sp³-hybridized carbons (Fsp3) is 0.200. The molecule has 2 aromatic rings. The number of nitriles is 1. The maximum Gasteiger partial charge on any atom is 0.257 e. The summed E-state index contributed by atoms with van der Waals surface area (Å²) >= 11 is 3.50. The molecule has 1 N–H and O–H groups in total. The first-order chi connectivity index (χ1) is 9.72. The van der Waals surface area contributed by atoms with Gasteiger partial charge in [0.25, 0.3) is 5.91 Å². The summed E-state index contributed by atoms with van der Waals surface area (Å²) in [6.07, 6.45) is 0.297. The number of rotatable bonds is 5. The second-order valence-corrected chi connectivity index (χ2v) is 4.94. The summed E-state index contributed by atoms with van der Waals surface area (Å²) in [4.78, 5) is 11.5. The van der Waals surface area contributed by atoms with Crippen LogP contribution in [0, 0.1) is 11.3 Å². The van der Waals surface area contributed by atoms with Gasteiger partial charge in [0, 0.05) is 6.54 Å². The summed E-state index contributed by atoms with van der Waals surface area (Å²) in [7, 11) is 0. The maximum absolute atomic E-state index is 11.5. The molecular formula is C15H13BrN2O2. The van der Waals surface area contributed by atoms with Gasteiger partial charge in [-0.2, -0.15) is 5.26 Å². The molecule has 5 heteroatoms. The predicted molar refractivity (Wildman–Crippen MR) is 80.4 cm³/mol. The van der Waals surface area contributed by atoms with E-state index in [1.54, 1.807) is 0 Å². The molecule has 1 amide bonds. The van der Waals surface area contributed by atoms with Gasteiger partial charge in [-0.05, 0) is 32.8 Å². The Morgan fingerprint density at radius 3 is 2.90 bits per heavy atom. The molecule has 0 heterocycles. The number of halogens is 1. The van der Waals surface area contributed by atoms with Crippen molar-refractivity contribution in [1.82, 2.24) is 5.32 Å². The lowest BCUT2D eigenvalue weighted by molar-refractivity contribution is -0.123. The van der Waals surface area contributed by atoms with Crippen molar-refractivity contribution in [2.45, 2.75) is 6.42 Å². The van der Waals surface area contributed by atoms with Crippen LogP contribution in [0.5, 0.6) is 5.75 Å². The Morgan fingerprint density at radius 1 is 1.30 bits per heavy atom. The number of fused-ring (bicyclic) bond motifs is 1. The first-order valence-electron chi connectivity index (χ1n) is 6.16. The minimum atomic E-state index is -0.236. The molecule has 102 valence electrons. The van der Waals surface area contributed by atoms with Crippen LogP contribution in [0.2, 0.25) is 0 Å². The highest BCUT2D eigenvalue weighted by atomic mass is 79.9. The zero-order chi connectivity index (χ0) is 14.4. The highest BCUT2D eigenvalue weighted by Gasteiger charge is 2.08. The SMILES string of the molecule is N#CCCNC(=O)COc1ccc2ccccc2c1Br. The Balaban J connectivity index is 2.02. The van der Waals surface area contributed by atoms with Crippen molar-refractivity contribution in [2.24, 2.45) is 0 Å². The van der Waals surface area contributed by atoms with E-state index < -0.39 is 0 Å². The monoisotopic (exact) mass is 332 g/mol. The molecule has 0 saturated carbocycles. The van der Waals surface area contributed by atoms with Crippen molar-refractivity contribution < 1.29 is 9.53 Å². The van der Waals surface area contributed by atoms with Crippen LogP contribution in [-0.2, 0) is 4.79 Å². The lowest BCUT2D eigenvalue weighted by Crippen LogP contribution is -2.29. The number of hydrogen-bond acceptors (Lipinski definition) is 3. The van der Waals surface area contributed by atoms with E-state index in [0.717, 1.165) is 15.2 Å². The minimum Gasteiger partial charge on any atom is -0.483 e. The number of carbonyl (C=O) groups is 1. The van der Waals surface area contributed by atoms with E-state index in [0.29, 0.717) is 18.7 Å². The summed E-state index contributed by atoms with van der Waals surface area (Å²) in [6, 6.07) is 13.7. The van der Waals surface area contributed by atoms with Gasteiger partial charge in [0.05, 0.1) is 17.0 Å². The van der Waals surface area contributed by atoms with Crippen molar-refractivity contribution >= 4 is 32.6 Å². The predicted octanol–water partition coefficient (Wildman–Crippen LogP) is 3.01. The van der Waals surface area contributed by atoms with Gasteiger partial charge in [0.1, 0.15) is 5.75 Å². The molecule has 0 spiro atoms. The van der Waals surface area contributed by atoms with E-state index >= 15 is 0 Å². The Hall–Kier alpha value is -2.06. The van der Waals surface area contributed by atoms with Crippen molar-refractivity contribution in [3.8, 4) is 11.8 Å². The zero-order valence-corrected chi connectivity index (χ0v) is 12.3. The van der Waals surface area contributed by atoms with Crippen LogP contribution in [0.3, 0.4) is 0 Å². The third kappa shape index (κ3) is 3.49. The molecule has 0 aromatic heterocycles. The fourth-order valence-corrected chi connectivity index (χ4v) is 2.38. The average molecular weight is 333 g/mol. The molecule has 20 heavy (non-hydrogen) atoms. The summed E-state index contributed by atoms with van der Waals surface area (Å²) < 4.78 is 6.33. The van der Waals surface area contributed by atoms with E-state index in [-0.39, 0.29) is 12.5 Å². The summed E-state index contributed by atoms with van der Waals surface area (Å²) in [6.45, 7) is 0.278. The Morgan fingerprint density at radius 2 is 2.10 bits per heavy atom.